The molecule has 0 bridgehead atoms. The Hall–Kier alpha value is -1.38. The van der Waals surface area contributed by atoms with E-state index >= 15 is 0 Å². The van der Waals surface area contributed by atoms with Gasteiger partial charge in [-0.3, -0.25) is 9.78 Å². The first-order chi connectivity index (χ1) is 8.04. The van der Waals surface area contributed by atoms with E-state index < -0.39 is 41.0 Å². The van der Waals surface area contributed by atoms with Crippen LogP contribution in [0, 0.1) is 0 Å². The average Bonchev–Trinajstić information content (AvgIpc) is 2.11. The second-order valence-electron chi connectivity index (χ2n) is 3.04. The second kappa shape index (κ2) is 4.71. The minimum atomic E-state index is -5.37. The van der Waals surface area contributed by atoms with Gasteiger partial charge in [-0.2, -0.15) is 13.2 Å². The summed E-state index contributed by atoms with van der Waals surface area (Å²) in [6.45, 7) is 0. The predicted octanol–water partition coefficient (Wildman–Crippen LogP) is 3.03. The molecule has 0 saturated heterocycles. The van der Waals surface area contributed by atoms with Gasteiger partial charge in [-0.1, -0.05) is 0 Å². The molecule has 1 heterocycles. The van der Waals surface area contributed by atoms with E-state index in [0.717, 1.165) is 0 Å². The number of nitrogens with one attached hydrogen (secondary N) is 1. The molecule has 1 rings (SSSR count). The fraction of sp³-hybridized carbons (Fsp3) is 0.375. The number of aromatic nitrogens is 1. The zero-order chi connectivity index (χ0) is 14.1. The van der Waals surface area contributed by atoms with Gasteiger partial charge in [-0.05, 0) is 5.56 Å². The van der Waals surface area contributed by atoms with Crippen LogP contribution in [0.25, 0.3) is 0 Å². The van der Waals surface area contributed by atoms with E-state index in [-0.39, 0.29) is 0 Å². The Morgan fingerprint density at radius 2 is 1.78 bits per heavy atom. The van der Waals surface area contributed by atoms with E-state index in [1.54, 1.807) is 0 Å². The highest BCUT2D eigenvalue weighted by Crippen LogP contribution is 2.39. The molecule has 1 N–H and O–H groups in total. The lowest BCUT2D eigenvalue weighted by molar-refractivity contribution is -0.278. The molecule has 102 valence electrons. The predicted molar refractivity (Wildman–Crippen MR) is 48.3 cm³/mol. The molecule has 1 aromatic rings. The summed E-state index contributed by atoms with van der Waals surface area (Å²) >= 11 is 5.16. The van der Waals surface area contributed by atoms with Crippen LogP contribution in [0.3, 0.4) is 0 Å². The van der Waals surface area contributed by atoms with Crippen LogP contribution in [0.1, 0.15) is 11.1 Å². The Morgan fingerprint density at radius 1 is 1.22 bits per heavy atom. The first-order valence-electron chi connectivity index (χ1n) is 4.19. The Morgan fingerprint density at radius 3 is 2.17 bits per heavy atom. The maximum atomic E-state index is 12.6. The Kier molecular flexibility index (Phi) is 3.84. The maximum absolute atomic E-state index is 12.6. The minimum absolute atomic E-state index is 0.457. The fourth-order valence-corrected chi connectivity index (χ4v) is 1.41. The van der Waals surface area contributed by atoms with E-state index in [1.165, 1.54) is 4.98 Å². The smallest absolute Gasteiger partial charge is 0.389 e. The number of rotatable bonds is 2. The summed E-state index contributed by atoms with van der Waals surface area (Å²) in [5, 5.41) is 0. The van der Waals surface area contributed by atoms with Gasteiger partial charge >= 0.3 is 12.5 Å². The first-order valence-corrected chi connectivity index (χ1v) is 4.73. The van der Waals surface area contributed by atoms with E-state index in [2.05, 4.69) is 4.74 Å². The maximum Gasteiger partial charge on any atom is 0.574 e. The van der Waals surface area contributed by atoms with Gasteiger partial charge in [0.15, 0.2) is 0 Å². The molecule has 0 saturated carbocycles. The van der Waals surface area contributed by atoms with Gasteiger partial charge in [0.05, 0.1) is 0 Å². The van der Waals surface area contributed by atoms with Crippen molar-refractivity contribution in [2.75, 3.05) is 0 Å². The Labute approximate surface area is 100 Å². The van der Waals surface area contributed by atoms with Crippen molar-refractivity contribution in [3.63, 3.8) is 0 Å². The van der Waals surface area contributed by atoms with Crippen LogP contribution in [0.4, 0.5) is 26.3 Å². The molecule has 18 heavy (non-hydrogen) atoms. The summed E-state index contributed by atoms with van der Waals surface area (Å²) in [7, 11) is 0. The molecule has 0 spiro atoms. The zero-order valence-corrected chi connectivity index (χ0v) is 9.00. The first kappa shape index (κ1) is 14.7. The van der Waals surface area contributed by atoms with E-state index in [4.69, 9.17) is 11.6 Å². The summed E-state index contributed by atoms with van der Waals surface area (Å²) < 4.78 is 76.7. The van der Waals surface area contributed by atoms with Crippen LogP contribution in [0.5, 0.6) is 5.88 Å². The highest BCUT2D eigenvalue weighted by molar-refractivity contribution is 6.17. The molecular weight excluding hydrogens is 292 g/mol. The molecule has 0 unspecified atom stereocenters. The molecule has 0 amide bonds. The van der Waals surface area contributed by atoms with Crippen LogP contribution in [-0.2, 0) is 12.1 Å². The van der Waals surface area contributed by atoms with Crippen molar-refractivity contribution >= 4 is 11.6 Å². The molecule has 0 atom stereocenters. The molecular formula is C8H4ClF6NO2. The highest BCUT2D eigenvalue weighted by atomic mass is 35.5. The van der Waals surface area contributed by atoms with Gasteiger partial charge in [0.25, 0.3) is 5.56 Å². The van der Waals surface area contributed by atoms with Gasteiger partial charge in [0.2, 0.25) is 5.88 Å². The molecule has 0 fully saturated rings. The highest BCUT2D eigenvalue weighted by Gasteiger charge is 2.42. The quantitative estimate of drug-likeness (QED) is 0.673. The number of hydrogen-bond acceptors (Lipinski definition) is 2. The van der Waals surface area contributed by atoms with Gasteiger partial charge in [0, 0.05) is 11.9 Å². The molecule has 0 radical (unpaired) electrons. The van der Waals surface area contributed by atoms with Crippen LogP contribution in [-0.4, -0.2) is 11.3 Å². The zero-order valence-electron chi connectivity index (χ0n) is 8.25. The van der Waals surface area contributed by atoms with Crippen molar-refractivity contribution in [2.45, 2.75) is 18.4 Å². The van der Waals surface area contributed by atoms with Crippen LogP contribution < -0.4 is 10.3 Å². The van der Waals surface area contributed by atoms with Crippen LogP contribution >= 0.6 is 11.6 Å². The van der Waals surface area contributed by atoms with Crippen LogP contribution in [0.15, 0.2) is 10.9 Å². The molecule has 3 nitrogen and oxygen atoms in total. The number of ether oxygens (including phenoxy) is 1. The molecule has 10 heteroatoms. The van der Waals surface area contributed by atoms with Crippen molar-refractivity contribution < 1.29 is 31.1 Å². The van der Waals surface area contributed by atoms with Crippen molar-refractivity contribution in [1.82, 2.24) is 4.98 Å². The molecule has 0 aliphatic carbocycles. The van der Waals surface area contributed by atoms with Crippen molar-refractivity contribution in [2.24, 2.45) is 0 Å². The van der Waals surface area contributed by atoms with Gasteiger partial charge < -0.3 is 4.74 Å². The summed E-state index contributed by atoms with van der Waals surface area (Å²) in [5.74, 6) is -2.51. The summed E-state index contributed by atoms with van der Waals surface area (Å²) in [6.07, 6.45) is -10.5. The third-order valence-electron chi connectivity index (χ3n) is 1.74. The third-order valence-corrected chi connectivity index (χ3v) is 2.02. The molecule has 0 aliphatic heterocycles. The van der Waals surface area contributed by atoms with Crippen molar-refractivity contribution in [3.05, 3.63) is 27.5 Å². The number of hydrogen-bond donors (Lipinski definition) is 1. The van der Waals surface area contributed by atoms with Crippen molar-refractivity contribution in [3.8, 4) is 5.88 Å². The number of aromatic amines is 1. The third kappa shape index (κ3) is 3.56. The average molecular weight is 296 g/mol. The lowest BCUT2D eigenvalue weighted by Gasteiger charge is -2.16. The monoisotopic (exact) mass is 295 g/mol. The minimum Gasteiger partial charge on any atom is -0.389 e. The molecule has 0 aromatic carbocycles. The van der Waals surface area contributed by atoms with Gasteiger partial charge in [-0.15, -0.1) is 24.8 Å². The van der Waals surface area contributed by atoms with Gasteiger partial charge in [0.1, 0.15) is 5.56 Å². The molecule has 0 aliphatic rings. The number of H-pyrrole nitrogens is 1. The SMILES string of the molecule is O=c1cc(CCl)c(C(F)(F)F)c(OC(F)(F)F)[nH]1. The summed E-state index contributed by atoms with van der Waals surface area (Å²) in [4.78, 5) is 12.2. The topological polar surface area (TPSA) is 42.1 Å². The van der Waals surface area contributed by atoms with Crippen molar-refractivity contribution in [1.29, 1.82) is 0 Å². The summed E-state index contributed by atoms with van der Waals surface area (Å²) in [5.41, 5.74) is -3.74. The van der Waals surface area contributed by atoms with E-state index in [1.807, 2.05) is 0 Å². The normalized spacial score (nSPS) is 12.6. The standard InChI is InChI=1S/C8H4ClF6NO2/c9-2-3-1-4(17)16-6(18-8(13,14)15)5(3)7(10,11)12/h1H,2H2,(H,16,17). The largest absolute Gasteiger partial charge is 0.574 e. The lowest BCUT2D eigenvalue weighted by Crippen LogP contribution is -2.25. The Bertz CT molecular complexity index is 492. The Balaban J connectivity index is 3.48. The number of alkyl halides is 7. The van der Waals surface area contributed by atoms with Gasteiger partial charge in [-0.25, -0.2) is 0 Å². The van der Waals surface area contributed by atoms with E-state index in [9.17, 15) is 31.1 Å². The van der Waals surface area contributed by atoms with Crippen LogP contribution in [0.2, 0.25) is 0 Å². The summed E-state index contributed by atoms with van der Waals surface area (Å²) in [6, 6.07) is 0.457. The lowest BCUT2D eigenvalue weighted by atomic mass is 10.1. The fourth-order valence-electron chi connectivity index (χ4n) is 1.20. The van der Waals surface area contributed by atoms with E-state index in [0.29, 0.717) is 6.07 Å². The number of pyridine rings is 1. The number of halogens is 7. The second-order valence-corrected chi connectivity index (χ2v) is 3.31. The molecule has 1 aromatic heterocycles.